The Kier molecular flexibility index (Phi) is 4.99. The van der Waals surface area contributed by atoms with Gasteiger partial charge in [0.2, 0.25) is 0 Å². The molecule has 0 radical (unpaired) electrons. The van der Waals surface area contributed by atoms with Gasteiger partial charge in [-0.05, 0) is 85.9 Å². The number of likely N-dealkylation sites (tertiary alicyclic amines) is 1. The summed E-state index contributed by atoms with van der Waals surface area (Å²) in [6, 6.07) is 13.5. The summed E-state index contributed by atoms with van der Waals surface area (Å²) in [5.74, 6) is 2.59. The van der Waals surface area contributed by atoms with E-state index in [0.29, 0.717) is 17.9 Å². The number of piperidine rings is 1. The summed E-state index contributed by atoms with van der Waals surface area (Å²) in [6.45, 7) is 5.41. The molecule has 1 aliphatic heterocycles. The van der Waals surface area contributed by atoms with E-state index in [1.165, 1.54) is 47.3 Å². The van der Waals surface area contributed by atoms with Crippen molar-refractivity contribution in [3.8, 4) is 0 Å². The molecule has 5 heteroatoms. The Morgan fingerprint density at radius 1 is 1.06 bits per heavy atom. The number of aromatic nitrogens is 2. The average molecular weight is 431 g/mol. The Hall–Kier alpha value is -2.37. The van der Waals surface area contributed by atoms with Gasteiger partial charge in [0, 0.05) is 38.3 Å². The zero-order valence-corrected chi connectivity index (χ0v) is 19.3. The molecule has 1 aromatic heterocycles. The monoisotopic (exact) mass is 430 g/mol. The first kappa shape index (κ1) is 20.3. The topological polar surface area (TPSA) is 56.3 Å². The predicted octanol–water partition coefficient (Wildman–Crippen LogP) is 4.48. The highest BCUT2D eigenvalue weighted by Gasteiger charge is 2.37. The molecule has 3 aromatic rings. The van der Waals surface area contributed by atoms with Gasteiger partial charge in [-0.15, -0.1) is 0 Å². The Balaban J connectivity index is 1.21. The minimum absolute atomic E-state index is 0.194. The molecule has 5 nitrogen and oxygen atoms in total. The summed E-state index contributed by atoms with van der Waals surface area (Å²) in [5, 5.41) is 0. The number of rotatable bonds is 5. The third-order valence-electron chi connectivity index (χ3n) is 7.82. The number of aryl methyl sites for hydroxylation is 1. The number of hydrogen-bond acceptors (Lipinski definition) is 4. The van der Waals surface area contributed by atoms with Crippen LogP contribution in [0, 0.1) is 12.8 Å². The van der Waals surface area contributed by atoms with Crippen molar-refractivity contribution in [1.82, 2.24) is 14.5 Å². The van der Waals surface area contributed by atoms with Crippen molar-refractivity contribution in [3.05, 3.63) is 58.9 Å². The van der Waals surface area contributed by atoms with Crippen LogP contribution in [0.3, 0.4) is 0 Å². The zero-order chi connectivity index (χ0) is 21.8. The van der Waals surface area contributed by atoms with E-state index in [0.717, 1.165) is 43.7 Å². The lowest BCUT2D eigenvalue weighted by atomic mass is 9.98. The van der Waals surface area contributed by atoms with Gasteiger partial charge in [-0.1, -0.05) is 12.1 Å². The molecular weight excluding hydrogens is 396 g/mol. The fourth-order valence-corrected chi connectivity index (χ4v) is 6.09. The highest BCUT2D eigenvalue weighted by Crippen LogP contribution is 2.43. The Morgan fingerprint density at radius 3 is 2.72 bits per heavy atom. The van der Waals surface area contributed by atoms with E-state index >= 15 is 0 Å². The van der Waals surface area contributed by atoms with Crippen LogP contribution in [0.5, 0.6) is 0 Å². The Morgan fingerprint density at radius 2 is 1.91 bits per heavy atom. The van der Waals surface area contributed by atoms with Crippen LogP contribution in [0.25, 0.3) is 11.0 Å². The van der Waals surface area contributed by atoms with Gasteiger partial charge in [0.1, 0.15) is 5.82 Å². The molecule has 1 saturated heterocycles. The summed E-state index contributed by atoms with van der Waals surface area (Å²) in [4.78, 5) is 7.72. The molecule has 0 unspecified atom stereocenters. The number of fused-ring (bicyclic) bond motifs is 2. The first-order valence-electron chi connectivity index (χ1n) is 12.2. The molecule has 2 aromatic carbocycles. The van der Waals surface area contributed by atoms with Crippen LogP contribution in [0.4, 0.5) is 5.69 Å². The van der Waals surface area contributed by atoms with Crippen molar-refractivity contribution in [2.45, 2.75) is 57.1 Å². The standard InChI is InChI=1S/C27H34N4O/c1-17-3-8-24-23(11-17)29-27(19-4-5-19)31(24)25-9-10-30(16-26(25)32-2)15-18-12-20-6-7-22(28)14-21(20)13-18/h3,6-8,11,14,18-19,25-26H,4-5,9-10,12-13,15-16,28H2,1-2H3/t18-,25-,26-/m1/s1. The second kappa shape index (κ2) is 7.89. The Bertz CT molecular complexity index is 1150. The van der Waals surface area contributed by atoms with Crippen molar-refractivity contribution in [2.24, 2.45) is 5.92 Å². The summed E-state index contributed by atoms with van der Waals surface area (Å²) in [6.07, 6.45) is 6.17. The number of nitrogen functional groups attached to an aromatic ring is 1. The lowest BCUT2D eigenvalue weighted by molar-refractivity contribution is -0.00950. The van der Waals surface area contributed by atoms with Crippen LogP contribution < -0.4 is 5.73 Å². The van der Waals surface area contributed by atoms with E-state index < -0.39 is 0 Å². The van der Waals surface area contributed by atoms with Crippen molar-refractivity contribution in [3.63, 3.8) is 0 Å². The number of benzene rings is 2. The number of nitrogens with two attached hydrogens (primary N) is 1. The molecule has 2 N–H and O–H groups in total. The molecule has 3 aliphatic rings. The maximum Gasteiger partial charge on any atom is 0.113 e. The van der Waals surface area contributed by atoms with Crippen LogP contribution in [0.2, 0.25) is 0 Å². The third kappa shape index (κ3) is 3.61. The van der Waals surface area contributed by atoms with E-state index in [4.69, 9.17) is 15.5 Å². The number of imidazole rings is 1. The number of hydrogen-bond donors (Lipinski definition) is 1. The molecule has 32 heavy (non-hydrogen) atoms. The van der Waals surface area contributed by atoms with Crippen LogP contribution in [0.1, 0.15) is 53.7 Å². The second-order valence-electron chi connectivity index (χ2n) is 10.3. The summed E-state index contributed by atoms with van der Waals surface area (Å²) < 4.78 is 8.67. The van der Waals surface area contributed by atoms with Gasteiger partial charge in [-0.2, -0.15) is 0 Å². The molecule has 1 saturated carbocycles. The van der Waals surface area contributed by atoms with Crippen LogP contribution in [0.15, 0.2) is 36.4 Å². The third-order valence-corrected chi connectivity index (χ3v) is 7.82. The van der Waals surface area contributed by atoms with E-state index in [1.807, 2.05) is 13.2 Å². The lowest BCUT2D eigenvalue weighted by Gasteiger charge is -2.40. The number of ether oxygens (including phenoxy) is 1. The van der Waals surface area contributed by atoms with Gasteiger partial charge in [0.25, 0.3) is 0 Å². The molecule has 2 aliphatic carbocycles. The van der Waals surface area contributed by atoms with Gasteiger partial charge in [-0.3, -0.25) is 0 Å². The summed E-state index contributed by atoms with van der Waals surface area (Å²) in [7, 11) is 1.88. The minimum Gasteiger partial charge on any atom is -0.399 e. The number of anilines is 1. The highest BCUT2D eigenvalue weighted by molar-refractivity contribution is 5.77. The average Bonchev–Trinajstić information content (AvgIpc) is 3.45. The molecule has 3 atom stereocenters. The zero-order valence-electron chi connectivity index (χ0n) is 19.3. The van der Waals surface area contributed by atoms with Crippen LogP contribution >= 0.6 is 0 Å². The normalized spacial score (nSPS) is 26.0. The van der Waals surface area contributed by atoms with E-state index in [2.05, 4.69) is 46.7 Å². The van der Waals surface area contributed by atoms with Crippen LogP contribution in [-0.2, 0) is 17.6 Å². The predicted molar refractivity (Wildman–Crippen MR) is 129 cm³/mol. The molecule has 0 spiro atoms. The summed E-state index contributed by atoms with van der Waals surface area (Å²) in [5.41, 5.74) is 13.5. The number of methoxy groups -OCH3 is 1. The molecule has 2 fully saturated rings. The van der Waals surface area contributed by atoms with E-state index in [-0.39, 0.29) is 6.10 Å². The quantitative estimate of drug-likeness (QED) is 0.607. The fraction of sp³-hybridized carbons (Fsp3) is 0.519. The highest BCUT2D eigenvalue weighted by atomic mass is 16.5. The second-order valence-corrected chi connectivity index (χ2v) is 10.3. The fourth-order valence-electron chi connectivity index (χ4n) is 6.09. The SMILES string of the molecule is CO[C@@H]1CN(C[C@@H]2Cc3ccc(N)cc3C2)CC[C@H]1n1c(C2CC2)nc2cc(C)ccc21. The molecule has 6 rings (SSSR count). The van der Waals surface area contributed by atoms with Gasteiger partial charge in [0.05, 0.1) is 23.2 Å². The molecule has 0 bridgehead atoms. The largest absolute Gasteiger partial charge is 0.399 e. The molecule has 2 heterocycles. The molecular formula is C27H34N4O. The van der Waals surface area contributed by atoms with Gasteiger partial charge < -0.3 is 19.9 Å². The molecule has 0 amide bonds. The van der Waals surface area contributed by atoms with Crippen molar-refractivity contribution in [2.75, 3.05) is 32.5 Å². The van der Waals surface area contributed by atoms with Gasteiger partial charge in [0.15, 0.2) is 0 Å². The molecule has 168 valence electrons. The first-order chi connectivity index (χ1) is 15.6. The maximum atomic E-state index is 6.12. The van der Waals surface area contributed by atoms with E-state index in [9.17, 15) is 0 Å². The Labute approximate surface area is 190 Å². The maximum absolute atomic E-state index is 6.12. The van der Waals surface area contributed by atoms with Gasteiger partial charge >= 0.3 is 0 Å². The summed E-state index contributed by atoms with van der Waals surface area (Å²) >= 11 is 0. The van der Waals surface area contributed by atoms with Gasteiger partial charge in [-0.25, -0.2) is 4.98 Å². The van der Waals surface area contributed by atoms with Crippen LogP contribution in [-0.4, -0.2) is 47.3 Å². The minimum atomic E-state index is 0.194. The lowest BCUT2D eigenvalue weighted by Crippen LogP contribution is -2.47. The van der Waals surface area contributed by atoms with Crippen molar-refractivity contribution < 1.29 is 4.74 Å². The smallest absolute Gasteiger partial charge is 0.113 e. The van der Waals surface area contributed by atoms with Crippen molar-refractivity contribution >= 4 is 16.7 Å². The van der Waals surface area contributed by atoms with Crippen molar-refractivity contribution in [1.29, 1.82) is 0 Å². The number of nitrogens with zero attached hydrogens (tertiary/aromatic N) is 3. The van der Waals surface area contributed by atoms with E-state index in [1.54, 1.807) is 0 Å². The first-order valence-corrected chi connectivity index (χ1v) is 12.2.